The van der Waals surface area contributed by atoms with Crippen molar-refractivity contribution in [2.75, 3.05) is 0 Å². The Bertz CT molecular complexity index is 519. The third kappa shape index (κ3) is 2.28. The first kappa shape index (κ1) is 12.0. The van der Waals surface area contributed by atoms with E-state index in [4.69, 9.17) is 46.4 Å². The van der Waals surface area contributed by atoms with Gasteiger partial charge in [0.15, 0.2) is 0 Å². The smallest absolute Gasteiger partial charge is 0.0683 e. The van der Waals surface area contributed by atoms with Crippen LogP contribution in [0.4, 0.5) is 0 Å². The van der Waals surface area contributed by atoms with E-state index in [1.54, 1.807) is 18.2 Å². The number of aromatic nitrogens is 1. The summed E-state index contributed by atoms with van der Waals surface area (Å²) in [6.45, 7) is 0. The monoisotopic (exact) mass is 291 g/mol. The molecule has 0 bridgehead atoms. The number of nitrogens with zero attached hydrogens (tertiary/aromatic N) is 1. The average molecular weight is 293 g/mol. The molecule has 0 N–H and O–H groups in total. The lowest BCUT2D eigenvalue weighted by Crippen LogP contribution is -1.85. The lowest BCUT2D eigenvalue weighted by molar-refractivity contribution is 1.33. The zero-order chi connectivity index (χ0) is 11.7. The van der Waals surface area contributed by atoms with E-state index in [1.807, 2.05) is 0 Å². The number of hydrogen-bond acceptors (Lipinski definition) is 1. The van der Waals surface area contributed by atoms with Crippen LogP contribution >= 0.6 is 46.4 Å². The van der Waals surface area contributed by atoms with Gasteiger partial charge in [-0.2, -0.15) is 0 Å². The predicted octanol–water partition coefficient (Wildman–Crippen LogP) is 5.36. The van der Waals surface area contributed by atoms with E-state index >= 15 is 0 Å². The summed E-state index contributed by atoms with van der Waals surface area (Å²) in [4.78, 5) is 3.88. The number of rotatable bonds is 1. The molecule has 2 aromatic rings. The van der Waals surface area contributed by atoms with E-state index in [1.165, 1.54) is 12.4 Å². The summed E-state index contributed by atoms with van der Waals surface area (Å²) in [6, 6.07) is 5.15. The van der Waals surface area contributed by atoms with Gasteiger partial charge in [-0.25, -0.2) is 0 Å². The Labute approximate surface area is 113 Å². The fourth-order valence-electron chi connectivity index (χ4n) is 1.36. The van der Waals surface area contributed by atoms with Crippen molar-refractivity contribution in [3.05, 3.63) is 50.7 Å². The molecule has 0 aliphatic heterocycles. The molecule has 0 spiro atoms. The van der Waals surface area contributed by atoms with Crippen LogP contribution in [0.15, 0.2) is 30.6 Å². The highest BCUT2D eigenvalue weighted by atomic mass is 35.5. The van der Waals surface area contributed by atoms with Crippen LogP contribution in [-0.4, -0.2) is 4.98 Å². The molecular weight excluding hydrogens is 288 g/mol. The topological polar surface area (TPSA) is 12.9 Å². The highest BCUT2D eigenvalue weighted by molar-refractivity contribution is 6.41. The van der Waals surface area contributed by atoms with Crippen LogP contribution in [0.25, 0.3) is 11.1 Å². The molecule has 0 aliphatic carbocycles. The summed E-state index contributed by atoms with van der Waals surface area (Å²) in [5.74, 6) is 0. The normalized spacial score (nSPS) is 10.5. The van der Waals surface area contributed by atoms with Gasteiger partial charge in [-0.1, -0.05) is 52.5 Å². The van der Waals surface area contributed by atoms with Gasteiger partial charge < -0.3 is 0 Å². The van der Waals surface area contributed by atoms with Crippen LogP contribution in [0.1, 0.15) is 0 Å². The molecule has 16 heavy (non-hydrogen) atoms. The third-order valence-corrected chi connectivity index (χ3v) is 3.17. The third-order valence-electron chi connectivity index (χ3n) is 2.05. The van der Waals surface area contributed by atoms with Gasteiger partial charge in [-0.15, -0.1) is 0 Å². The molecular formula is C11H5Cl4N. The Morgan fingerprint density at radius 1 is 0.812 bits per heavy atom. The summed E-state index contributed by atoms with van der Waals surface area (Å²) in [6.07, 6.45) is 3.04. The molecule has 0 fully saturated rings. The van der Waals surface area contributed by atoms with E-state index in [9.17, 15) is 0 Å². The Morgan fingerprint density at radius 3 is 2.00 bits per heavy atom. The van der Waals surface area contributed by atoms with Gasteiger partial charge in [0.1, 0.15) is 0 Å². The minimum Gasteiger partial charge on any atom is -0.262 e. The highest BCUT2D eigenvalue weighted by Crippen LogP contribution is 2.38. The van der Waals surface area contributed by atoms with Gasteiger partial charge in [-0.3, -0.25) is 4.98 Å². The molecule has 0 unspecified atom stereocenters. The second-order valence-corrected chi connectivity index (χ2v) is 4.76. The summed E-state index contributed by atoms with van der Waals surface area (Å²) in [7, 11) is 0. The van der Waals surface area contributed by atoms with Crippen molar-refractivity contribution in [3.8, 4) is 11.1 Å². The predicted molar refractivity (Wildman–Crippen MR) is 69.7 cm³/mol. The molecule has 5 heteroatoms. The highest BCUT2D eigenvalue weighted by Gasteiger charge is 2.12. The zero-order valence-electron chi connectivity index (χ0n) is 7.85. The minimum absolute atomic E-state index is 0.455. The number of pyridine rings is 1. The Morgan fingerprint density at radius 2 is 1.44 bits per heavy atom. The first-order valence-electron chi connectivity index (χ1n) is 4.34. The molecule has 0 aliphatic rings. The van der Waals surface area contributed by atoms with E-state index in [0.29, 0.717) is 25.7 Å². The van der Waals surface area contributed by atoms with Crippen molar-refractivity contribution in [2.24, 2.45) is 0 Å². The molecule has 1 aromatic heterocycles. The molecule has 82 valence electrons. The lowest BCUT2D eigenvalue weighted by Gasteiger charge is -2.08. The number of halogens is 4. The first-order valence-corrected chi connectivity index (χ1v) is 5.85. The second kappa shape index (κ2) is 4.80. The Balaban J connectivity index is 2.68. The van der Waals surface area contributed by atoms with Gasteiger partial charge in [0.05, 0.1) is 10.0 Å². The molecule has 0 saturated heterocycles. The van der Waals surface area contributed by atoms with Gasteiger partial charge in [0.25, 0.3) is 0 Å². The summed E-state index contributed by atoms with van der Waals surface area (Å²) < 4.78 is 0. The largest absolute Gasteiger partial charge is 0.262 e. The van der Waals surface area contributed by atoms with Gasteiger partial charge in [0.2, 0.25) is 0 Å². The molecule has 0 saturated carbocycles. The van der Waals surface area contributed by atoms with Gasteiger partial charge in [0, 0.05) is 33.6 Å². The van der Waals surface area contributed by atoms with Crippen molar-refractivity contribution in [2.45, 2.75) is 0 Å². The maximum absolute atomic E-state index is 6.09. The van der Waals surface area contributed by atoms with Crippen LogP contribution in [0.2, 0.25) is 20.1 Å². The molecule has 1 heterocycles. The van der Waals surface area contributed by atoms with Crippen molar-refractivity contribution in [3.63, 3.8) is 0 Å². The van der Waals surface area contributed by atoms with Crippen molar-refractivity contribution < 1.29 is 0 Å². The average Bonchev–Trinajstić information content (AvgIpc) is 2.20. The molecule has 1 nitrogen and oxygen atoms in total. The Kier molecular flexibility index (Phi) is 3.60. The fraction of sp³-hybridized carbons (Fsp3) is 0. The van der Waals surface area contributed by atoms with Crippen molar-refractivity contribution in [1.29, 1.82) is 0 Å². The molecule has 1 aromatic carbocycles. The zero-order valence-corrected chi connectivity index (χ0v) is 10.9. The fourth-order valence-corrected chi connectivity index (χ4v) is 2.43. The van der Waals surface area contributed by atoms with Crippen LogP contribution in [0, 0.1) is 0 Å². The van der Waals surface area contributed by atoms with Crippen LogP contribution in [0.3, 0.4) is 0 Å². The molecule has 0 amide bonds. The van der Waals surface area contributed by atoms with Gasteiger partial charge in [-0.05, 0) is 12.1 Å². The SMILES string of the molecule is Clc1ccc(-c2c(Cl)cncc2Cl)c(Cl)c1. The van der Waals surface area contributed by atoms with Crippen LogP contribution in [-0.2, 0) is 0 Å². The first-order chi connectivity index (χ1) is 7.59. The summed E-state index contributed by atoms with van der Waals surface area (Å²) in [5.41, 5.74) is 1.41. The summed E-state index contributed by atoms with van der Waals surface area (Å²) in [5, 5.41) is 1.98. The number of hydrogen-bond donors (Lipinski definition) is 0. The second-order valence-electron chi connectivity index (χ2n) is 3.10. The van der Waals surface area contributed by atoms with E-state index < -0.39 is 0 Å². The molecule has 0 radical (unpaired) electrons. The molecule has 0 atom stereocenters. The maximum Gasteiger partial charge on any atom is 0.0683 e. The van der Waals surface area contributed by atoms with Crippen molar-refractivity contribution in [1.82, 2.24) is 4.98 Å². The van der Waals surface area contributed by atoms with Crippen LogP contribution in [0.5, 0.6) is 0 Å². The van der Waals surface area contributed by atoms with Crippen LogP contribution < -0.4 is 0 Å². The lowest BCUT2D eigenvalue weighted by atomic mass is 10.1. The number of benzene rings is 1. The van der Waals surface area contributed by atoms with Crippen molar-refractivity contribution >= 4 is 46.4 Å². The van der Waals surface area contributed by atoms with E-state index in [0.717, 1.165) is 5.56 Å². The summed E-state index contributed by atoms with van der Waals surface area (Å²) >= 11 is 24.0. The Hall–Kier alpha value is -0.470. The van der Waals surface area contributed by atoms with Gasteiger partial charge >= 0.3 is 0 Å². The minimum atomic E-state index is 0.455. The maximum atomic E-state index is 6.09. The standard InChI is InChI=1S/C11H5Cl4N/c12-6-1-2-7(8(13)3-6)11-9(14)4-16-5-10(11)15/h1-5H. The van der Waals surface area contributed by atoms with E-state index in [2.05, 4.69) is 4.98 Å². The quantitative estimate of drug-likeness (QED) is 0.689. The molecule has 2 rings (SSSR count). The van der Waals surface area contributed by atoms with E-state index in [-0.39, 0.29) is 0 Å².